The van der Waals surface area contributed by atoms with Crippen LogP contribution in [0.1, 0.15) is 19.3 Å². The van der Waals surface area contributed by atoms with E-state index < -0.39 is 10.5 Å². The van der Waals surface area contributed by atoms with Gasteiger partial charge in [0.05, 0.1) is 29.5 Å². The van der Waals surface area contributed by atoms with Crippen molar-refractivity contribution in [2.24, 2.45) is 0 Å². The summed E-state index contributed by atoms with van der Waals surface area (Å²) in [5.74, 6) is -0.593. The van der Waals surface area contributed by atoms with Gasteiger partial charge in [-0.1, -0.05) is 0 Å². The first-order valence-electron chi connectivity index (χ1n) is 5.64. The quantitative estimate of drug-likeness (QED) is 0.559. The molecular weight excluding hydrogens is 240 g/mol. The number of nitro groups is 1. The maximum absolute atomic E-state index is 11.7. The Morgan fingerprint density at radius 3 is 2.83 bits per heavy atom. The van der Waals surface area contributed by atoms with E-state index in [2.05, 4.69) is 10.4 Å². The van der Waals surface area contributed by atoms with E-state index in [0.717, 1.165) is 19.3 Å². The second-order valence-electron chi connectivity index (χ2n) is 4.47. The summed E-state index contributed by atoms with van der Waals surface area (Å²) in [5, 5.41) is 26.0. The first kappa shape index (κ1) is 12.5. The summed E-state index contributed by atoms with van der Waals surface area (Å²) in [6, 6.07) is 1.23. The number of rotatable bonds is 5. The normalized spacial score (nSPS) is 16.9. The molecule has 1 amide bonds. The van der Waals surface area contributed by atoms with Crippen LogP contribution in [0.2, 0.25) is 0 Å². The number of aliphatic hydroxyl groups is 1. The molecule has 1 aromatic heterocycles. The lowest BCUT2D eigenvalue weighted by Crippen LogP contribution is -2.56. The number of hydrogen-bond donors (Lipinski definition) is 2. The molecule has 1 aromatic rings. The molecule has 0 bridgehead atoms. The molecule has 1 aliphatic rings. The largest absolute Gasteiger partial charge is 0.394 e. The Kier molecular flexibility index (Phi) is 3.28. The van der Waals surface area contributed by atoms with Gasteiger partial charge in [-0.05, 0) is 24.2 Å². The van der Waals surface area contributed by atoms with Crippen LogP contribution in [0.5, 0.6) is 0 Å². The average Bonchev–Trinajstić information content (AvgIpc) is 2.72. The van der Waals surface area contributed by atoms with E-state index in [-0.39, 0.29) is 24.9 Å². The first-order chi connectivity index (χ1) is 8.54. The number of carbonyl (C=O) groups excluding carboxylic acids is 1. The molecular formula is C10H14N4O4. The zero-order chi connectivity index (χ0) is 13.2. The maximum Gasteiger partial charge on any atom is 0.389 e. The number of carbonyl (C=O) groups is 1. The minimum Gasteiger partial charge on any atom is -0.394 e. The van der Waals surface area contributed by atoms with Gasteiger partial charge in [-0.3, -0.25) is 4.79 Å². The lowest BCUT2D eigenvalue weighted by Gasteiger charge is -2.40. The van der Waals surface area contributed by atoms with E-state index in [0.29, 0.717) is 0 Å². The Morgan fingerprint density at radius 2 is 2.39 bits per heavy atom. The van der Waals surface area contributed by atoms with Gasteiger partial charge in [-0.15, -0.1) is 0 Å². The highest BCUT2D eigenvalue weighted by Crippen LogP contribution is 2.31. The number of aromatic nitrogens is 2. The fourth-order valence-corrected chi connectivity index (χ4v) is 1.95. The van der Waals surface area contributed by atoms with Gasteiger partial charge in [0.1, 0.15) is 6.54 Å². The third-order valence-electron chi connectivity index (χ3n) is 3.14. The van der Waals surface area contributed by atoms with E-state index in [1.807, 2.05) is 0 Å². The molecule has 0 aromatic carbocycles. The highest BCUT2D eigenvalue weighted by molar-refractivity contribution is 5.76. The SMILES string of the molecule is O=C(Cn1ccc([N+](=O)[O-])n1)NC1(CO)CCC1. The molecule has 8 nitrogen and oxygen atoms in total. The predicted molar refractivity (Wildman–Crippen MR) is 60.7 cm³/mol. The van der Waals surface area contributed by atoms with Crippen LogP contribution < -0.4 is 5.32 Å². The monoisotopic (exact) mass is 254 g/mol. The van der Waals surface area contributed by atoms with Crippen molar-refractivity contribution in [2.45, 2.75) is 31.3 Å². The Bertz CT molecular complexity index is 461. The lowest BCUT2D eigenvalue weighted by molar-refractivity contribution is -0.389. The zero-order valence-electron chi connectivity index (χ0n) is 9.70. The number of aliphatic hydroxyl groups excluding tert-OH is 1. The van der Waals surface area contributed by atoms with Crippen molar-refractivity contribution < 1.29 is 14.8 Å². The van der Waals surface area contributed by atoms with E-state index in [1.165, 1.54) is 16.9 Å². The molecule has 1 aliphatic carbocycles. The average molecular weight is 254 g/mol. The number of hydrogen-bond acceptors (Lipinski definition) is 5. The summed E-state index contributed by atoms with van der Waals surface area (Å²) in [7, 11) is 0. The van der Waals surface area contributed by atoms with Gasteiger partial charge in [-0.2, -0.15) is 4.68 Å². The number of nitrogens with one attached hydrogen (secondary N) is 1. The summed E-state index contributed by atoms with van der Waals surface area (Å²) in [6.45, 7) is -0.173. The van der Waals surface area contributed by atoms with Crippen molar-refractivity contribution in [3.8, 4) is 0 Å². The van der Waals surface area contributed by atoms with Gasteiger partial charge in [0.25, 0.3) is 0 Å². The smallest absolute Gasteiger partial charge is 0.389 e. The third-order valence-corrected chi connectivity index (χ3v) is 3.14. The van der Waals surface area contributed by atoms with Crippen LogP contribution >= 0.6 is 0 Å². The summed E-state index contributed by atoms with van der Waals surface area (Å²) >= 11 is 0. The van der Waals surface area contributed by atoms with Gasteiger partial charge in [0.2, 0.25) is 5.91 Å². The van der Waals surface area contributed by atoms with Crippen LogP contribution in [0, 0.1) is 10.1 Å². The molecule has 98 valence electrons. The van der Waals surface area contributed by atoms with Crippen molar-refractivity contribution in [2.75, 3.05) is 6.61 Å². The van der Waals surface area contributed by atoms with Crippen LogP contribution in [0.15, 0.2) is 12.3 Å². The van der Waals surface area contributed by atoms with E-state index in [4.69, 9.17) is 0 Å². The van der Waals surface area contributed by atoms with E-state index in [9.17, 15) is 20.0 Å². The summed E-state index contributed by atoms with van der Waals surface area (Å²) in [4.78, 5) is 21.5. The molecule has 8 heteroatoms. The Hall–Kier alpha value is -1.96. The fourth-order valence-electron chi connectivity index (χ4n) is 1.95. The second kappa shape index (κ2) is 4.73. The van der Waals surface area contributed by atoms with Gasteiger partial charge in [0, 0.05) is 0 Å². The fraction of sp³-hybridized carbons (Fsp3) is 0.600. The lowest BCUT2D eigenvalue weighted by atomic mass is 9.77. The highest BCUT2D eigenvalue weighted by Gasteiger charge is 2.37. The third kappa shape index (κ3) is 2.48. The molecule has 2 rings (SSSR count). The molecule has 0 unspecified atom stereocenters. The van der Waals surface area contributed by atoms with E-state index in [1.54, 1.807) is 0 Å². The standard InChI is InChI=1S/C10H14N4O4/c15-7-10(3-1-4-10)11-9(16)6-13-5-2-8(12-13)14(17)18/h2,5,15H,1,3-4,6-7H2,(H,11,16). The zero-order valence-corrected chi connectivity index (χ0v) is 9.70. The molecule has 18 heavy (non-hydrogen) atoms. The van der Waals surface area contributed by atoms with Crippen LogP contribution in [0.3, 0.4) is 0 Å². The Balaban J connectivity index is 1.92. The van der Waals surface area contributed by atoms with Crippen LogP contribution in [0.4, 0.5) is 5.82 Å². The minimum atomic E-state index is -0.616. The number of amides is 1. The van der Waals surface area contributed by atoms with Gasteiger partial charge < -0.3 is 20.5 Å². The summed E-state index contributed by atoms with van der Waals surface area (Å²) in [6.07, 6.45) is 3.88. The summed E-state index contributed by atoms with van der Waals surface area (Å²) < 4.78 is 1.21. The van der Waals surface area contributed by atoms with Gasteiger partial charge in [-0.25, -0.2) is 0 Å². The van der Waals surface area contributed by atoms with E-state index >= 15 is 0 Å². The highest BCUT2D eigenvalue weighted by atomic mass is 16.6. The molecule has 0 radical (unpaired) electrons. The van der Waals surface area contributed by atoms with Crippen LogP contribution in [-0.4, -0.2) is 37.9 Å². The molecule has 0 saturated heterocycles. The second-order valence-corrected chi connectivity index (χ2v) is 4.47. The number of nitrogens with zero attached hydrogens (tertiary/aromatic N) is 3. The van der Waals surface area contributed by atoms with Crippen LogP contribution in [-0.2, 0) is 11.3 Å². The van der Waals surface area contributed by atoms with Crippen molar-refractivity contribution in [1.82, 2.24) is 15.1 Å². The van der Waals surface area contributed by atoms with Gasteiger partial charge in [0.15, 0.2) is 0 Å². The molecule has 0 aliphatic heterocycles. The first-order valence-corrected chi connectivity index (χ1v) is 5.64. The van der Waals surface area contributed by atoms with Crippen molar-refractivity contribution in [3.05, 3.63) is 22.4 Å². The maximum atomic E-state index is 11.7. The molecule has 1 saturated carbocycles. The molecule has 0 spiro atoms. The predicted octanol–water partition coefficient (Wildman–Crippen LogP) is -0.178. The minimum absolute atomic E-state index is 0.0853. The van der Waals surface area contributed by atoms with Gasteiger partial charge >= 0.3 is 5.82 Å². The molecule has 2 N–H and O–H groups in total. The Labute approximate surface area is 103 Å². The van der Waals surface area contributed by atoms with Crippen LogP contribution in [0.25, 0.3) is 0 Å². The topological polar surface area (TPSA) is 110 Å². The molecule has 1 fully saturated rings. The van der Waals surface area contributed by atoms with Crippen molar-refractivity contribution >= 4 is 11.7 Å². The Morgan fingerprint density at radius 1 is 1.67 bits per heavy atom. The molecule has 1 heterocycles. The summed E-state index contributed by atoms with van der Waals surface area (Å²) in [5.41, 5.74) is -0.504. The molecule has 0 atom stereocenters. The van der Waals surface area contributed by atoms with Crippen molar-refractivity contribution in [3.63, 3.8) is 0 Å². The van der Waals surface area contributed by atoms with Crippen molar-refractivity contribution in [1.29, 1.82) is 0 Å².